The van der Waals surface area contributed by atoms with Crippen LogP contribution >= 0.6 is 0 Å². The van der Waals surface area contributed by atoms with Crippen LogP contribution in [0.2, 0.25) is 0 Å². The maximum Gasteiger partial charge on any atom is 0.322 e. The number of hydrogen-bond acceptors (Lipinski definition) is 4. The van der Waals surface area contributed by atoms with Crippen LogP contribution in [0.3, 0.4) is 0 Å². The standard InChI is InChI=1S/C16H21NO5S/c18-15(17-12-7-3-1-4-8-12)11-14(16(19)20)23(21,22)13-9-5-2-6-10-13/h1,3-4,7-8,13-14H,2,5-6,9-11H2,(H,17,18)(H,19,20). The van der Waals surface area contributed by atoms with Crippen molar-refractivity contribution in [2.75, 3.05) is 5.32 Å². The highest BCUT2D eigenvalue weighted by molar-refractivity contribution is 7.93. The number of nitrogens with one attached hydrogen (secondary N) is 1. The highest BCUT2D eigenvalue weighted by Crippen LogP contribution is 2.27. The Hall–Kier alpha value is -1.89. The zero-order chi connectivity index (χ0) is 16.9. The number of carbonyl (C=O) groups is 2. The summed E-state index contributed by atoms with van der Waals surface area (Å²) in [7, 11) is -3.87. The average Bonchev–Trinajstić information content (AvgIpc) is 2.54. The minimum atomic E-state index is -3.87. The second-order valence-electron chi connectivity index (χ2n) is 5.79. The summed E-state index contributed by atoms with van der Waals surface area (Å²) in [6.07, 6.45) is 2.93. The first-order valence-corrected chi connectivity index (χ1v) is 9.32. The number of amides is 1. The molecule has 1 aromatic rings. The number of para-hydroxylation sites is 1. The maximum atomic E-state index is 12.6. The van der Waals surface area contributed by atoms with Crippen molar-refractivity contribution < 1.29 is 23.1 Å². The first kappa shape index (κ1) is 17.5. The van der Waals surface area contributed by atoms with Crippen LogP contribution in [-0.4, -0.2) is 35.9 Å². The van der Waals surface area contributed by atoms with Crippen molar-refractivity contribution in [3.05, 3.63) is 30.3 Å². The van der Waals surface area contributed by atoms with Gasteiger partial charge in [-0.2, -0.15) is 0 Å². The molecule has 0 radical (unpaired) electrons. The molecule has 7 heteroatoms. The Bertz CT molecular complexity index is 650. The average molecular weight is 339 g/mol. The SMILES string of the molecule is O=C(CC(C(=O)O)S(=O)(=O)C1CCCCC1)Nc1ccccc1. The van der Waals surface area contributed by atoms with Crippen molar-refractivity contribution in [2.24, 2.45) is 0 Å². The summed E-state index contributed by atoms with van der Waals surface area (Å²) in [4.78, 5) is 23.4. The Morgan fingerprint density at radius 3 is 2.30 bits per heavy atom. The molecule has 1 aromatic carbocycles. The lowest BCUT2D eigenvalue weighted by atomic mass is 10.0. The van der Waals surface area contributed by atoms with E-state index in [0.29, 0.717) is 18.5 Å². The predicted molar refractivity (Wildman–Crippen MR) is 86.9 cm³/mol. The number of sulfone groups is 1. The smallest absolute Gasteiger partial charge is 0.322 e. The fourth-order valence-corrected chi connectivity index (χ4v) is 4.99. The van der Waals surface area contributed by atoms with E-state index in [4.69, 9.17) is 0 Å². The Morgan fingerprint density at radius 1 is 1.13 bits per heavy atom. The molecule has 23 heavy (non-hydrogen) atoms. The molecular formula is C16H21NO5S. The van der Waals surface area contributed by atoms with E-state index in [2.05, 4.69) is 5.32 Å². The molecule has 0 aromatic heterocycles. The van der Waals surface area contributed by atoms with Crippen LogP contribution in [0.5, 0.6) is 0 Å². The molecule has 2 N–H and O–H groups in total. The van der Waals surface area contributed by atoms with Crippen LogP contribution in [0.4, 0.5) is 5.69 Å². The summed E-state index contributed by atoms with van der Waals surface area (Å²) >= 11 is 0. The highest BCUT2D eigenvalue weighted by Gasteiger charge is 2.40. The second-order valence-corrected chi connectivity index (χ2v) is 8.21. The monoisotopic (exact) mass is 339 g/mol. The molecule has 0 bridgehead atoms. The molecule has 1 aliphatic rings. The van der Waals surface area contributed by atoms with Crippen molar-refractivity contribution in [1.29, 1.82) is 0 Å². The van der Waals surface area contributed by atoms with E-state index in [-0.39, 0.29) is 0 Å². The minimum Gasteiger partial charge on any atom is -0.480 e. The topological polar surface area (TPSA) is 101 Å². The number of aliphatic carboxylic acids is 1. The van der Waals surface area contributed by atoms with Gasteiger partial charge in [-0.05, 0) is 25.0 Å². The van der Waals surface area contributed by atoms with Crippen molar-refractivity contribution in [2.45, 2.75) is 49.0 Å². The van der Waals surface area contributed by atoms with Crippen LogP contribution in [0, 0.1) is 0 Å². The van der Waals surface area contributed by atoms with Crippen molar-refractivity contribution in [3.63, 3.8) is 0 Å². The summed E-state index contributed by atoms with van der Waals surface area (Å²) in [6.45, 7) is 0. The number of hydrogen-bond donors (Lipinski definition) is 2. The molecule has 0 aliphatic heterocycles. The van der Waals surface area contributed by atoms with E-state index in [9.17, 15) is 23.1 Å². The third kappa shape index (κ3) is 4.54. The van der Waals surface area contributed by atoms with Gasteiger partial charge in [-0.1, -0.05) is 37.5 Å². The lowest BCUT2D eigenvalue weighted by Crippen LogP contribution is -2.40. The Labute approximate surface area is 135 Å². The number of carbonyl (C=O) groups excluding carboxylic acids is 1. The van der Waals surface area contributed by atoms with E-state index in [0.717, 1.165) is 19.3 Å². The van der Waals surface area contributed by atoms with E-state index in [1.165, 1.54) is 0 Å². The number of anilines is 1. The second kappa shape index (κ2) is 7.59. The number of rotatable bonds is 6. The third-order valence-electron chi connectivity index (χ3n) is 4.12. The molecule has 1 saturated carbocycles. The normalized spacial score (nSPS) is 17.4. The fraction of sp³-hybridized carbons (Fsp3) is 0.500. The van der Waals surface area contributed by atoms with Gasteiger partial charge in [0.25, 0.3) is 0 Å². The van der Waals surface area contributed by atoms with Crippen molar-refractivity contribution in [3.8, 4) is 0 Å². The van der Waals surface area contributed by atoms with Gasteiger partial charge in [0.1, 0.15) is 0 Å². The van der Waals surface area contributed by atoms with Crippen molar-refractivity contribution in [1.82, 2.24) is 0 Å². The zero-order valence-corrected chi connectivity index (χ0v) is 13.6. The van der Waals surface area contributed by atoms with Crippen LogP contribution in [0.25, 0.3) is 0 Å². The third-order valence-corrected chi connectivity index (χ3v) is 6.68. The van der Waals surface area contributed by atoms with Gasteiger partial charge in [0.2, 0.25) is 5.91 Å². The van der Waals surface area contributed by atoms with E-state index in [1.54, 1.807) is 30.3 Å². The first-order valence-electron chi connectivity index (χ1n) is 7.71. The predicted octanol–water partition coefficient (Wildman–Crippen LogP) is 2.22. The number of carboxylic acids is 1. The van der Waals surface area contributed by atoms with E-state index >= 15 is 0 Å². The van der Waals surface area contributed by atoms with Gasteiger partial charge in [0.15, 0.2) is 15.1 Å². The molecule has 2 rings (SSSR count). The molecule has 1 unspecified atom stereocenters. The lowest BCUT2D eigenvalue weighted by Gasteiger charge is -2.25. The van der Waals surface area contributed by atoms with E-state index < -0.39 is 38.6 Å². The van der Waals surface area contributed by atoms with Crippen LogP contribution in [-0.2, 0) is 19.4 Å². The molecule has 0 spiro atoms. The first-order chi connectivity index (χ1) is 10.9. The molecule has 1 fully saturated rings. The Kier molecular flexibility index (Phi) is 5.76. The van der Waals surface area contributed by atoms with Gasteiger partial charge >= 0.3 is 5.97 Å². The number of carboxylic acid groups (broad SMARTS) is 1. The molecule has 1 aliphatic carbocycles. The molecular weight excluding hydrogens is 318 g/mol. The van der Waals surface area contributed by atoms with Crippen LogP contribution < -0.4 is 5.32 Å². The molecule has 0 heterocycles. The Morgan fingerprint density at radius 2 is 1.74 bits per heavy atom. The minimum absolute atomic E-state index is 0.479. The van der Waals surface area contributed by atoms with Gasteiger partial charge in [-0.15, -0.1) is 0 Å². The highest BCUT2D eigenvalue weighted by atomic mass is 32.2. The molecule has 126 valence electrons. The van der Waals surface area contributed by atoms with Gasteiger partial charge in [-0.3, -0.25) is 9.59 Å². The molecule has 1 amide bonds. The van der Waals surface area contributed by atoms with Crippen LogP contribution in [0.1, 0.15) is 38.5 Å². The largest absolute Gasteiger partial charge is 0.480 e. The summed E-state index contributed by atoms with van der Waals surface area (Å²) in [5.41, 5.74) is 0.511. The van der Waals surface area contributed by atoms with Gasteiger partial charge in [0, 0.05) is 5.69 Å². The Balaban J connectivity index is 2.08. The fourth-order valence-electron chi connectivity index (χ4n) is 2.87. The maximum absolute atomic E-state index is 12.6. The van der Waals surface area contributed by atoms with Gasteiger partial charge in [0.05, 0.1) is 11.7 Å². The zero-order valence-electron chi connectivity index (χ0n) is 12.8. The van der Waals surface area contributed by atoms with Crippen LogP contribution in [0.15, 0.2) is 30.3 Å². The quantitative estimate of drug-likeness (QED) is 0.827. The summed E-state index contributed by atoms with van der Waals surface area (Å²) in [5, 5.41) is 9.49. The van der Waals surface area contributed by atoms with Gasteiger partial charge in [-0.25, -0.2) is 8.42 Å². The molecule has 6 nitrogen and oxygen atoms in total. The summed E-state index contributed by atoms with van der Waals surface area (Å²) < 4.78 is 25.1. The molecule has 1 atom stereocenters. The summed E-state index contributed by atoms with van der Waals surface area (Å²) in [6, 6.07) is 8.54. The van der Waals surface area contributed by atoms with Gasteiger partial charge < -0.3 is 10.4 Å². The van der Waals surface area contributed by atoms with Crippen molar-refractivity contribution >= 4 is 27.4 Å². The lowest BCUT2D eigenvalue weighted by molar-refractivity contribution is -0.137. The van der Waals surface area contributed by atoms with E-state index in [1.807, 2.05) is 0 Å². The summed E-state index contributed by atoms with van der Waals surface area (Å²) in [5.74, 6) is -2.07. The number of benzene rings is 1. The molecule has 0 saturated heterocycles.